The third kappa shape index (κ3) is 37.7. The van der Waals surface area contributed by atoms with Gasteiger partial charge in [0, 0.05) is 6.42 Å². The van der Waals surface area contributed by atoms with E-state index in [2.05, 4.69) is 67.8 Å². The molecule has 1 amide bonds. The molecule has 6 N–H and O–H groups in total. The molecule has 0 aliphatic carbocycles. The Labute approximate surface area is 417 Å². The molecule has 0 aromatic heterocycles. The number of aliphatic hydroxyl groups excluding tert-OH is 5. The molecule has 0 saturated carbocycles. The van der Waals surface area contributed by atoms with Gasteiger partial charge in [-0.05, 0) is 57.8 Å². The number of carbonyl (C=O) groups excluding carboxylic acids is 1. The molecule has 7 atom stereocenters. The highest BCUT2D eigenvalue weighted by Gasteiger charge is 2.44. The van der Waals surface area contributed by atoms with Crippen LogP contribution in [0, 0.1) is 0 Å². The lowest BCUT2D eigenvalue weighted by Crippen LogP contribution is -2.60. The number of carbonyl (C=O) groups is 1. The molecule has 0 radical (unpaired) electrons. The van der Waals surface area contributed by atoms with Crippen LogP contribution >= 0.6 is 0 Å². The van der Waals surface area contributed by atoms with Crippen LogP contribution in [0.3, 0.4) is 0 Å². The Balaban J connectivity index is 2.00. The molecule has 1 rings (SSSR count). The maximum absolute atomic E-state index is 13.0. The first-order chi connectivity index (χ1) is 33.3. The highest BCUT2D eigenvalue weighted by molar-refractivity contribution is 5.76. The van der Waals surface area contributed by atoms with Gasteiger partial charge in [0.15, 0.2) is 6.29 Å². The molecule has 1 heterocycles. The van der Waals surface area contributed by atoms with Gasteiger partial charge in [-0.2, -0.15) is 0 Å². The molecule has 0 bridgehead atoms. The number of rotatable bonds is 48. The van der Waals surface area contributed by atoms with E-state index in [1.165, 1.54) is 167 Å². The van der Waals surface area contributed by atoms with Crippen molar-refractivity contribution in [2.75, 3.05) is 13.2 Å². The number of aliphatic hydroxyl groups is 5. The third-order valence-electron chi connectivity index (χ3n) is 13.3. The van der Waals surface area contributed by atoms with Gasteiger partial charge in [0.1, 0.15) is 24.4 Å². The highest BCUT2D eigenvalue weighted by atomic mass is 16.7. The topological polar surface area (TPSA) is 149 Å². The number of allylic oxidation sites excluding steroid dienone is 9. The molecule has 1 aliphatic heterocycles. The summed E-state index contributed by atoms with van der Waals surface area (Å²) < 4.78 is 11.2. The fraction of sp³-hybridized carbons (Fsp3) is 0.814. The molecule has 0 aromatic rings. The van der Waals surface area contributed by atoms with Gasteiger partial charge in [0.05, 0.1) is 25.4 Å². The summed E-state index contributed by atoms with van der Waals surface area (Å²) in [6.45, 7) is 3.62. The van der Waals surface area contributed by atoms with Crippen LogP contribution in [0.1, 0.15) is 251 Å². The van der Waals surface area contributed by atoms with Crippen molar-refractivity contribution in [1.82, 2.24) is 5.32 Å². The number of nitrogens with one attached hydrogen (secondary N) is 1. The Morgan fingerprint density at radius 3 is 1.35 bits per heavy atom. The van der Waals surface area contributed by atoms with Crippen LogP contribution in [0.15, 0.2) is 60.8 Å². The van der Waals surface area contributed by atoms with Crippen molar-refractivity contribution < 1.29 is 39.8 Å². The molecule has 1 aliphatic rings. The molecule has 1 fully saturated rings. The van der Waals surface area contributed by atoms with E-state index in [4.69, 9.17) is 9.47 Å². The van der Waals surface area contributed by atoms with Gasteiger partial charge in [-0.1, -0.05) is 248 Å². The summed E-state index contributed by atoms with van der Waals surface area (Å²) in [5, 5.41) is 54.1. The first-order valence-electron chi connectivity index (χ1n) is 28.5. The Bertz CT molecular complexity index is 1250. The Morgan fingerprint density at radius 2 is 0.912 bits per heavy atom. The predicted octanol–water partition coefficient (Wildman–Crippen LogP) is 13.9. The summed E-state index contributed by atoms with van der Waals surface area (Å²) in [7, 11) is 0. The second-order valence-corrected chi connectivity index (χ2v) is 19.7. The number of hydrogen-bond donors (Lipinski definition) is 6. The normalized spacial score (nSPS) is 20.0. The fourth-order valence-electron chi connectivity index (χ4n) is 8.85. The van der Waals surface area contributed by atoms with Crippen LogP contribution in [0.25, 0.3) is 0 Å². The van der Waals surface area contributed by atoms with Crippen molar-refractivity contribution in [1.29, 1.82) is 0 Å². The minimum Gasteiger partial charge on any atom is -0.394 e. The van der Waals surface area contributed by atoms with E-state index >= 15 is 0 Å². The number of ether oxygens (including phenoxy) is 2. The second kappa shape index (κ2) is 48.5. The zero-order chi connectivity index (χ0) is 49.4. The van der Waals surface area contributed by atoms with Gasteiger partial charge < -0.3 is 40.3 Å². The molecular formula is C59H107NO8. The highest BCUT2D eigenvalue weighted by Crippen LogP contribution is 2.23. The SMILES string of the molecule is CC/C=C\C/C=C\C/C=C\C/C=C\CCCCCCCCCCCCCCCCCCCCCCCCCCC(=O)NC(COC1OC(CO)C(O)C(O)C1O)C(O)/C=C/CCCCCCCC. The first kappa shape index (κ1) is 63.9. The van der Waals surface area contributed by atoms with E-state index in [1.54, 1.807) is 6.08 Å². The van der Waals surface area contributed by atoms with Crippen LogP contribution < -0.4 is 5.32 Å². The molecule has 68 heavy (non-hydrogen) atoms. The molecule has 0 aromatic carbocycles. The lowest BCUT2D eigenvalue weighted by atomic mass is 9.99. The van der Waals surface area contributed by atoms with Crippen molar-refractivity contribution >= 4 is 5.91 Å². The van der Waals surface area contributed by atoms with E-state index in [0.717, 1.165) is 64.2 Å². The zero-order valence-electron chi connectivity index (χ0n) is 43.9. The Morgan fingerprint density at radius 1 is 0.515 bits per heavy atom. The Hall–Kier alpha value is -2.11. The van der Waals surface area contributed by atoms with Gasteiger partial charge in [-0.25, -0.2) is 0 Å². The standard InChI is InChI=1S/C59H107NO8/c1-3-5-7-9-11-13-14-15-16-17-18-19-20-21-22-23-24-25-26-27-28-29-30-31-32-33-34-35-36-37-38-39-40-41-43-45-47-49-55(63)60-52(53(62)48-46-44-42-12-10-8-6-4-2)51-67-59-58(66)57(65)56(64)54(50-61)68-59/h5,7,11,13,15-16,18-19,46,48,52-54,56-59,61-62,64-66H,3-4,6,8-10,12,14,17,20-45,47,49-51H2,1-2H3,(H,60,63)/b7-5-,13-11-,16-15-,19-18-,48-46+. The van der Waals surface area contributed by atoms with Crippen LogP contribution in [-0.2, 0) is 14.3 Å². The van der Waals surface area contributed by atoms with Gasteiger partial charge >= 0.3 is 0 Å². The molecule has 0 spiro atoms. The minimum atomic E-state index is -1.56. The maximum atomic E-state index is 13.0. The average molecular weight is 959 g/mol. The van der Waals surface area contributed by atoms with E-state index in [-0.39, 0.29) is 12.5 Å². The predicted molar refractivity (Wildman–Crippen MR) is 286 cm³/mol. The fourth-order valence-corrected chi connectivity index (χ4v) is 8.85. The minimum absolute atomic E-state index is 0.178. The van der Waals surface area contributed by atoms with E-state index in [0.29, 0.717) is 6.42 Å². The number of hydrogen-bond acceptors (Lipinski definition) is 8. The summed E-state index contributed by atoms with van der Waals surface area (Å²) in [5.41, 5.74) is 0. The maximum Gasteiger partial charge on any atom is 0.220 e. The summed E-state index contributed by atoms with van der Waals surface area (Å²) in [5.74, 6) is -0.178. The first-order valence-corrected chi connectivity index (χ1v) is 28.5. The average Bonchev–Trinajstić information content (AvgIpc) is 3.34. The molecular weight excluding hydrogens is 851 g/mol. The monoisotopic (exact) mass is 958 g/mol. The number of unbranched alkanes of at least 4 members (excludes halogenated alkanes) is 30. The Kier molecular flexibility index (Phi) is 45.6. The van der Waals surface area contributed by atoms with Crippen molar-refractivity contribution in [2.24, 2.45) is 0 Å². The van der Waals surface area contributed by atoms with Crippen LogP contribution in [-0.4, -0.2) is 87.5 Å². The third-order valence-corrected chi connectivity index (χ3v) is 13.3. The van der Waals surface area contributed by atoms with Gasteiger partial charge in [0.25, 0.3) is 0 Å². The molecule has 9 heteroatoms. The number of amides is 1. The lowest BCUT2D eigenvalue weighted by molar-refractivity contribution is -0.302. The van der Waals surface area contributed by atoms with E-state index in [1.807, 2.05) is 6.08 Å². The quantitative estimate of drug-likeness (QED) is 0.0261. The summed E-state index contributed by atoms with van der Waals surface area (Å²) in [6.07, 6.45) is 59.1. The smallest absolute Gasteiger partial charge is 0.220 e. The van der Waals surface area contributed by atoms with Crippen molar-refractivity contribution in [3.05, 3.63) is 60.8 Å². The van der Waals surface area contributed by atoms with E-state index in [9.17, 15) is 30.3 Å². The summed E-state index contributed by atoms with van der Waals surface area (Å²) >= 11 is 0. The molecule has 396 valence electrons. The van der Waals surface area contributed by atoms with Crippen LogP contribution in [0.2, 0.25) is 0 Å². The van der Waals surface area contributed by atoms with Crippen molar-refractivity contribution in [3.8, 4) is 0 Å². The molecule has 7 unspecified atom stereocenters. The van der Waals surface area contributed by atoms with Gasteiger partial charge in [0.2, 0.25) is 5.91 Å². The van der Waals surface area contributed by atoms with Gasteiger partial charge in [-0.3, -0.25) is 4.79 Å². The van der Waals surface area contributed by atoms with E-state index < -0.39 is 49.5 Å². The molecule has 1 saturated heterocycles. The van der Waals surface area contributed by atoms with Crippen molar-refractivity contribution in [3.63, 3.8) is 0 Å². The summed E-state index contributed by atoms with van der Waals surface area (Å²) in [6, 6.07) is -0.801. The van der Waals surface area contributed by atoms with Crippen LogP contribution in [0.4, 0.5) is 0 Å². The second-order valence-electron chi connectivity index (χ2n) is 19.7. The lowest BCUT2D eigenvalue weighted by Gasteiger charge is -2.40. The van der Waals surface area contributed by atoms with Crippen LogP contribution in [0.5, 0.6) is 0 Å². The summed E-state index contributed by atoms with van der Waals surface area (Å²) in [4.78, 5) is 13.0. The van der Waals surface area contributed by atoms with Gasteiger partial charge in [-0.15, -0.1) is 0 Å². The zero-order valence-corrected chi connectivity index (χ0v) is 43.9. The largest absolute Gasteiger partial charge is 0.394 e. The molecule has 9 nitrogen and oxygen atoms in total. The van der Waals surface area contributed by atoms with Crippen molar-refractivity contribution in [2.45, 2.75) is 294 Å².